The van der Waals surface area contributed by atoms with Gasteiger partial charge in [-0.1, -0.05) is 6.92 Å². The van der Waals surface area contributed by atoms with Crippen LogP contribution in [0.1, 0.15) is 27.7 Å². The van der Waals surface area contributed by atoms with Crippen molar-refractivity contribution in [2.24, 2.45) is 0 Å². The van der Waals surface area contributed by atoms with Gasteiger partial charge in [-0.25, -0.2) is 0 Å². The van der Waals surface area contributed by atoms with Crippen molar-refractivity contribution < 1.29 is 4.74 Å². The number of thioether (sulfide) groups is 1. The molecular formula is C10H23NOS. The van der Waals surface area contributed by atoms with E-state index in [1.54, 1.807) is 0 Å². The van der Waals surface area contributed by atoms with Crippen molar-refractivity contribution in [1.29, 1.82) is 0 Å². The highest BCUT2D eigenvalue weighted by Gasteiger charge is 2.15. The summed E-state index contributed by atoms with van der Waals surface area (Å²) in [6.07, 6.45) is 0. The largest absolute Gasteiger partial charge is 0.375 e. The standard InChI is InChI=1S/C10H23NOS/c1-5-12-10(3,4)9-11-7-8-13-6-2/h11H,5-9H2,1-4H3. The zero-order valence-corrected chi connectivity index (χ0v) is 10.2. The second kappa shape index (κ2) is 7.65. The first kappa shape index (κ1) is 13.3. The lowest BCUT2D eigenvalue weighted by molar-refractivity contribution is -0.00834. The molecule has 0 aliphatic heterocycles. The summed E-state index contributed by atoms with van der Waals surface area (Å²) in [5.74, 6) is 2.40. The molecule has 0 bridgehead atoms. The minimum absolute atomic E-state index is 0.0222. The number of ether oxygens (including phenoxy) is 1. The van der Waals surface area contributed by atoms with Crippen LogP contribution >= 0.6 is 11.8 Å². The Kier molecular flexibility index (Phi) is 7.81. The molecule has 13 heavy (non-hydrogen) atoms. The lowest BCUT2D eigenvalue weighted by atomic mass is 10.1. The zero-order chi connectivity index (χ0) is 10.2. The predicted molar refractivity (Wildman–Crippen MR) is 61.6 cm³/mol. The SMILES string of the molecule is CCOC(C)(C)CNCCSCC. The number of nitrogens with one attached hydrogen (secondary N) is 1. The molecule has 0 aliphatic carbocycles. The maximum absolute atomic E-state index is 5.57. The first-order valence-electron chi connectivity index (χ1n) is 5.05. The van der Waals surface area contributed by atoms with Crippen LogP contribution in [0, 0.1) is 0 Å². The molecule has 80 valence electrons. The van der Waals surface area contributed by atoms with E-state index in [0.717, 1.165) is 19.7 Å². The van der Waals surface area contributed by atoms with Crippen molar-refractivity contribution in [3.8, 4) is 0 Å². The molecule has 0 heterocycles. The molecule has 0 rings (SSSR count). The second-order valence-electron chi connectivity index (χ2n) is 3.57. The quantitative estimate of drug-likeness (QED) is 0.614. The molecule has 2 nitrogen and oxygen atoms in total. The van der Waals surface area contributed by atoms with Crippen molar-refractivity contribution in [2.45, 2.75) is 33.3 Å². The molecule has 0 aromatic carbocycles. The summed E-state index contributed by atoms with van der Waals surface area (Å²) < 4.78 is 5.57. The second-order valence-corrected chi connectivity index (χ2v) is 4.96. The molecule has 0 radical (unpaired) electrons. The van der Waals surface area contributed by atoms with Gasteiger partial charge in [0.15, 0.2) is 0 Å². The Morgan fingerprint density at radius 3 is 2.54 bits per heavy atom. The molecule has 0 fully saturated rings. The summed E-state index contributed by atoms with van der Waals surface area (Å²) in [5.41, 5.74) is -0.0222. The fourth-order valence-corrected chi connectivity index (χ4v) is 1.70. The van der Waals surface area contributed by atoms with Crippen molar-refractivity contribution in [3.63, 3.8) is 0 Å². The van der Waals surface area contributed by atoms with Crippen LogP contribution in [-0.4, -0.2) is 36.8 Å². The van der Waals surface area contributed by atoms with Gasteiger partial charge in [-0.3, -0.25) is 0 Å². The molecule has 1 N–H and O–H groups in total. The van der Waals surface area contributed by atoms with Crippen LogP contribution in [-0.2, 0) is 4.74 Å². The fourth-order valence-electron chi connectivity index (χ4n) is 1.12. The van der Waals surface area contributed by atoms with Crippen LogP contribution in [0.25, 0.3) is 0 Å². The Labute approximate surface area is 86.8 Å². The van der Waals surface area contributed by atoms with Crippen molar-refractivity contribution >= 4 is 11.8 Å². The lowest BCUT2D eigenvalue weighted by Gasteiger charge is -2.24. The predicted octanol–water partition coefficient (Wildman–Crippen LogP) is 2.14. The molecule has 0 aromatic heterocycles. The third-order valence-electron chi connectivity index (χ3n) is 1.71. The molecule has 0 spiro atoms. The van der Waals surface area contributed by atoms with Crippen molar-refractivity contribution in [3.05, 3.63) is 0 Å². The smallest absolute Gasteiger partial charge is 0.0750 e. The Balaban J connectivity index is 3.29. The first-order valence-corrected chi connectivity index (χ1v) is 6.20. The highest BCUT2D eigenvalue weighted by molar-refractivity contribution is 7.99. The van der Waals surface area contributed by atoms with Gasteiger partial charge >= 0.3 is 0 Å². The third-order valence-corrected chi connectivity index (χ3v) is 2.61. The van der Waals surface area contributed by atoms with Gasteiger partial charge in [0.1, 0.15) is 0 Å². The van der Waals surface area contributed by atoms with Crippen LogP contribution in [0.3, 0.4) is 0 Å². The van der Waals surface area contributed by atoms with E-state index in [-0.39, 0.29) is 5.60 Å². The van der Waals surface area contributed by atoms with Gasteiger partial charge in [0, 0.05) is 25.4 Å². The molecule has 0 aliphatic rings. The summed E-state index contributed by atoms with van der Waals surface area (Å²) in [6.45, 7) is 11.3. The Bertz CT molecular complexity index is 117. The van der Waals surface area contributed by atoms with E-state index in [2.05, 4.69) is 26.1 Å². The van der Waals surface area contributed by atoms with Gasteiger partial charge in [-0.15, -0.1) is 0 Å². The average molecular weight is 205 g/mol. The zero-order valence-electron chi connectivity index (χ0n) is 9.35. The molecule has 0 saturated carbocycles. The molecule has 0 amide bonds. The maximum atomic E-state index is 5.57. The van der Waals surface area contributed by atoms with Gasteiger partial charge in [0.25, 0.3) is 0 Å². The number of hydrogen-bond donors (Lipinski definition) is 1. The van der Waals surface area contributed by atoms with E-state index in [0.29, 0.717) is 0 Å². The minimum atomic E-state index is -0.0222. The summed E-state index contributed by atoms with van der Waals surface area (Å²) in [6, 6.07) is 0. The molecular weight excluding hydrogens is 182 g/mol. The minimum Gasteiger partial charge on any atom is -0.375 e. The van der Waals surface area contributed by atoms with E-state index in [9.17, 15) is 0 Å². The van der Waals surface area contributed by atoms with Crippen molar-refractivity contribution in [2.75, 3.05) is 31.2 Å². The Morgan fingerprint density at radius 1 is 1.31 bits per heavy atom. The molecule has 0 saturated heterocycles. The van der Waals surface area contributed by atoms with Gasteiger partial charge in [0.2, 0.25) is 0 Å². The topological polar surface area (TPSA) is 21.3 Å². The fraction of sp³-hybridized carbons (Fsp3) is 1.00. The number of rotatable bonds is 8. The van der Waals surface area contributed by atoms with Crippen LogP contribution in [0.5, 0.6) is 0 Å². The highest BCUT2D eigenvalue weighted by atomic mass is 32.2. The van der Waals surface area contributed by atoms with Gasteiger partial charge in [-0.05, 0) is 26.5 Å². The highest BCUT2D eigenvalue weighted by Crippen LogP contribution is 2.06. The number of hydrogen-bond acceptors (Lipinski definition) is 3. The summed E-state index contributed by atoms with van der Waals surface area (Å²) in [5, 5.41) is 3.40. The average Bonchev–Trinajstić information content (AvgIpc) is 2.04. The molecule has 3 heteroatoms. The summed E-state index contributed by atoms with van der Waals surface area (Å²) >= 11 is 1.97. The Morgan fingerprint density at radius 2 is 2.00 bits per heavy atom. The monoisotopic (exact) mass is 205 g/mol. The van der Waals surface area contributed by atoms with Crippen LogP contribution in [0.4, 0.5) is 0 Å². The van der Waals surface area contributed by atoms with E-state index in [4.69, 9.17) is 4.74 Å². The van der Waals surface area contributed by atoms with Gasteiger partial charge < -0.3 is 10.1 Å². The van der Waals surface area contributed by atoms with Crippen molar-refractivity contribution in [1.82, 2.24) is 5.32 Å². The summed E-state index contributed by atoms with van der Waals surface area (Å²) in [4.78, 5) is 0. The third kappa shape index (κ3) is 8.60. The summed E-state index contributed by atoms with van der Waals surface area (Å²) in [7, 11) is 0. The normalized spacial score (nSPS) is 12.0. The lowest BCUT2D eigenvalue weighted by Crippen LogP contribution is -2.38. The van der Waals surface area contributed by atoms with E-state index < -0.39 is 0 Å². The molecule has 0 atom stereocenters. The molecule has 0 aromatic rings. The first-order chi connectivity index (χ1) is 6.12. The molecule has 0 unspecified atom stereocenters. The maximum Gasteiger partial charge on any atom is 0.0750 e. The van der Waals surface area contributed by atoms with Gasteiger partial charge in [0.05, 0.1) is 5.60 Å². The van der Waals surface area contributed by atoms with Crippen LogP contribution in [0.2, 0.25) is 0 Å². The van der Waals surface area contributed by atoms with E-state index in [1.807, 2.05) is 18.7 Å². The van der Waals surface area contributed by atoms with E-state index in [1.165, 1.54) is 11.5 Å². The van der Waals surface area contributed by atoms with E-state index >= 15 is 0 Å². The van der Waals surface area contributed by atoms with Gasteiger partial charge in [-0.2, -0.15) is 11.8 Å². The van der Waals surface area contributed by atoms with Crippen LogP contribution < -0.4 is 5.32 Å². The van der Waals surface area contributed by atoms with Crippen LogP contribution in [0.15, 0.2) is 0 Å². The Hall–Kier alpha value is 0.270.